The third kappa shape index (κ3) is 3.49. The second-order valence-corrected chi connectivity index (χ2v) is 6.10. The molecule has 1 amide bonds. The summed E-state index contributed by atoms with van der Waals surface area (Å²) in [5.74, 6) is -1.29. The molecule has 132 valence electrons. The molecular weight excluding hydrogens is 328 g/mol. The number of aliphatic imine (C=N–C) groups is 1. The van der Waals surface area contributed by atoms with E-state index < -0.39 is 11.8 Å². The lowest BCUT2D eigenvalue weighted by Crippen LogP contribution is -2.26. The molecule has 0 saturated carbocycles. The lowest BCUT2D eigenvalue weighted by Gasteiger charge is -2.13. The highest BCUT2D eigenvalue weighted by Gasteiger charge is 2.23. The van der Waals surface area contributed by atoms with Gasteiger partial charge in [-0.3, -0.25) is 14.2 Å². The first kappa shape index (κ1) is 17.4. The van der Waals surface area contributed by atoms with Crippen LogP contribution in [0.2, 0.25) is 0 Å². The van der Waals surface area contributed by atoms with E-state index in [0.29, 0.717) is 6.42 Å². The molecule has 1 unspecified atom stereocenters. The van der Waals surface area contributed by atoms with Crippen molar-refractivity contribution in [2.75, 3.05) is 0 Å². The lowest BCUT2D eigenvalue weighted by molar-refractivity contribution is -0.119. The minimum Gasteiger partial charge on any atom is -0.370 e. The van der Waals surface area contributed by atoms with Crippen molar-refractivity contribution in [3.63, 3.8) is 0 Å². The van der Waals surface area contributed by atoms with Gasteiger partial charge in [-0.2, -0.15) is 4.99 Å². The van der Waals surface area contributed by atoms with Crippen molar-refractivity contribution in [2.24, 2.45) is 16.5 Å². The van der Waals surface area contributed by atoms with Gasteiger partial charge in [0.05, 0.1) is 11.4 Å². The second kappa shape index (κ2) is 7.23. The van der Waals surface area contributed by atoms with E-state index in [2.05, 4.69) is 4.99 Å². The van der Waals surface area contributed by atoms with E-state index in [4.69, 9.17) is 11.5 Å². The van der Waals surface area contributed by atoms with Gasteiger partial charge in [-0.05, 0) is 23.6 Å². The number of guanidine groups is 1. The van der Waals surface area contributed by atoms with Crippen LogP contribution in [0.1, 0.15) is 28.8 Å². The van der Waals surface area contributed by atoms with Crippen molar-refractivity contribution in [1.29, 1.82) is 0 Å². The zero-order valence-electron chi connectivity index (χ0n) is 14.4. The lowest BCUT2D eigenvalue weighted by atomic mass is 9.91. The van der Waals surface area contributed by atoms with E-state index in [1.54, 1.807) is 10.8 Å². The average molecular weight is 348 g/mol. The summed E-state index contributed by atoms with van der Waals surface area (Å²) in [4.78, 5) is 28.3. The van der Waals surface area contributed by atoms with Crippen LogP contribution in [0.3, 0.4) is 0 Å². The number of benzene rings is 2. The van der Waals surface area contributed by atoms with Gasteiger partial charge in [0, 0.05) is 18.5 Å². The van der Waals surface area contributed by atoms with Gasteiger partial charge < -0.3 is 11.5 Å². The van der Waals surface area contributed by atoms with E-state index in [-0.39, 0.29) is 11.9 Å². The number of amides is 1. The van der Waals surface area contributed by atoms with E-state index in [9.17, 15) is 9.59 Å². The average Bonchev–Trinajstić information content (AvgIpc) is 2.99. The largest absolute Gasteiger partial charge is 0.370 e. The van der Waals surface area contributed by atoms with Crippen molar-refractivity contribution in [3.05, 3.63) is 71.9 Å². The number of hydrogen-bond acceptors (Lipinski definition) is 2. The van der Waals surface area contributed by atoms with Crippen LogP contribution in [-0.2, 0) is 11.2 Å². The molecule has 0 fully saturated rings. The first-order valence-corrected chi connectivity index (χ1v) is 8.25. The van der Waals surface area contributed by atoms with Gasteiger partial charge in [-0.1, -0.05) is 48.5 Å². The summed E-state index contributed by atoms with van der Waals surface area (Å²) >= 11 is 0. The predicted octanol–water partition coefficient (Wildman–Crippen LogP) is 2.43. The highest BCUT2D eigenvalue weighted by atomic mass is 16.2. The fraction of sp³-hybridized carbons (Fsp3) is 0.150. The first-order chi connectivity index (χ1) is 12.5. The predicted molar refractivity (Wildman–Crippen MR) is 102 cm³/mol. The molecule has 0 aliphatic carbocycles. The normalized spacial score (nSPS) is 11.9. The smallest absolute Gasteiger partial charge is 0.256 e. The van der Waals surface area contributed by atoms with Crippen molar-refractivity contribution in [3.8, 4) is 0 Å². The summed E-state index contributed by atoms with van der Waals surface area (Å²) < 4.78 is 1.59. The van der Waals surface area contributed by atoms with Crippen LogP contribution in [0.25, 0.3) is 10.9 Å². The van der Waals surface area contributed by atoms with Crippen LogP contribution in [0.15, 0.2) is 65.8 Å². The number of rotatable bonds is 4. The summed E-state index contributed by atoms with van der Waals surface area (Å²) in [6.07, 6.45) is 2.17. The number of fused-ring (bicyclic) bond motifs is 1. The van der Waals surface area contributed by atoms with Crippen LogP contribution in [0, 0.1) is 0 Å². The molecule has 4 N–H and O–H groups in total. The second-order valence-electron chi connectivity index (χ2n) is 6.10. The molecule has 2 aromatic carbocycles. The highest BCUT2D eigenvalue weighted by molar-refractivity contribution is 5.97. The van der Waals surface area contributed by atoms with Gasteiger partial charge in [0.25, 0.3) is 5.91 Å². The zero-order chi connectivity index (χ0) is 18.7. The molecule has 1 aromatic heterocycles. The molecule has 6 heteroatoms. The van der Waals surface area contributed by atoms with Crippen molar-refractivity contribution >= 4 is 28.7 Å². The maximum Gasteiger partial charge on any atom is 0.256 e. The third-order valence-electron chi connectivity index (χ3n) is 4.30. The molecule has 0 bridgehead atoms. The van der Waals surface area contributed by atoms with Crippen LogP contribution < -0.4 is 11.5 Å². The van der Waals surface area contributed by atoms with Gasteiger partial charge in [0.15, 0.2) is 5.96 Å². The topological polar surface area (TPSA) is 103 Å². The number of nitrogens with two attached hydrogens (primary N) is 2. The Morgan fingerprint density at radius 3 is 2.35 bits per heavy atom. The molecule has 0 spiro atoms. The third-order valence-corrected chi connectivity index (χ3v) is 4.30. The molecular formula is C20H20N4O2. The van der Waals surface area contributed by atoms with Crippen molar-refractivity contribution in [1.82, 2.24) is 4.57 Å². The Morgan fingerprint density at radius 2 is 1.69 bits per heavy atom. The minimum absolute atomic E-state index is 0.0840. The molecule has 0 aliphatic heterocycles. The number of aromatic nitrogens is 1. The molecule has 6 nitrogen and oxygen atoms in total. The number of nitrogens with zero attached hydrogens (tertiary/aromatic N) is 2. The Hall–Kier alpha value is -3.41. The van der Waals surface area contributed by atoms with Gasteiger partial charge >= 0.3 is 0 Å². The van der Waals surface area contributed by atoms with Gasteiger partial charge in [0.1, 0.15) is 0 Å². The van der Waals surface area contributed by atoms with Gasteiger partial charge in [-0.25, -0.2) is 0 Å². The number of carbonyl (C=O) groups excluding carboxylic acids is 2. The number of carbonyl (C=O) groups is 2. The molecule has 26 heavy (non-hydrogen) atoms. The maximum atomic E-state index is 12.6. The van der Waals surface area contributed by atoms with Gasteiger partial charge in [-0.15, -0.1) is 0 Å². The molecule has 3 rings (SSSR count). The Bertz CT molecular complexity index is 985. The summed E-state index contributed by atoms with van der Waals surface area (Å²) in [6.45, 7) is 1.51. The molecule has 0 saturated heterocycles. The Morgan fingerprint density at radius 1 is 1.04 bits per heavy atom. The monoisotopic (exact) mass is 348 g/mol. The molecule has 1 atom stereocenters. The highest BCUT2D eigenvalue weighted by Crippen LogP contribution is 2.28. The van der Waals surface area contributed by atoms with Crippen molar-refractivity contribution in [2.45, 2.75) is 19.3 Å². The summed E-state index contributed by atoms with van der Waals surface area (Å²) in [6, 6.07) is 17.0. The van der Waals surface area contributed by atoms with Crippen LogP contribution >= 0.6 is 0 Å². The fourth-order valence-electron chi connectivity index (χ4n) is 3.13. The van der Waals surface area contributed by atoms with E-state index >= 15 is 0 Å². The molecule has 3 aromatic rings. The quantitative estimate of drug-likeness (QED) is 0.558. The molecule has 0 aliphatic rings. The molecule has 0 radical (unpaired) electrons. The Labute approximate surface area is 151 Å². The van der Waals surface area contributed by atoms with Crippen LogP contribution in [0.4, 0.5) is 0 Å². The summed E-state index contributed by atoms with van der Waals surface area (Å²) in [7, 11) is 0. The summed E-state index contributed by atoms with van der Waals surface area (Å²) in [5, 5.41) is 0.932. The maximum absolute atomic E-state index is 12.6. The first-order valence-electron chi connectivity index (χ1n) is 8.25. The standard InChI is InChI=1S/C20H20N4O2/c1-13(25)24-12-15(16-9-5-6-10-18(16)24)11-17(19(26)23-20(21)22)14-7-3-2-4-8-14/h2-10,12,17H,11H2,1H3,(H4,21,22,23,26). The minimum atomic E-state index is -0.537. The number of hydrogen-bond donors (Lipinski definition) is 2. The fourth-order valence-corrected chi connectivity index (χ4v) is 3.13. The number of para-hydroxylation sites is 1. The van der Waals surface area contributed by atoms with E-state index in [1.807, 2.05) is 54.6 Å². The zero-order valence-corrected chi connectivity index (χ0v) is 14.4. The van der Waals surface area contributed by atoms with Crippen LogP contribution in [0.5, 0.6) is 0 Å². The van der Waals surface area contributed by atoms with Crippen LogP contribution in [-0.4, -0.2) is 22.3 Å². The van der Waals surface area contributed by atoms with Crippen molar-refractivity contribution < 1.29 is 9.59 Å². The Kier molecular flexibility index (Phi) is 4.84. The van der Waals surface area contributed by atoms with E-state index in [1.165, 1.54) is 6.92 Å². The molecule has 1 heterocycles. The van der Waals surface area contributed by atoms with Gasteiger partial charge in [0.2, 0.25) is 5.91 Å². The summed E-state index contributed by atoms with van der Waals surface area (Å²) in [5.41, 5.74) is 13.3. The SMILES string of the molecule is CC(=O)n1cc(CC(C(=O)N=C(N)N)c2ccccc2)c2ccccc21. The van der Waals surface area contributed by atoms with E-state index in [0.717, 1.165) is 22.0 Å². The Balaban J connectivity index is 2.08.